The summed E-state index contributed by atoms with van der Waals surface area (Å²) in [5, 5.41) is 11.9. The van der Waals surface area contributed by atoms with Gasteiger partial charge in [-0.25, -0.2) is 0 Å². The predicted molar refractivity (Wildman–Crippen MR) is 83.2 cm³/mol. The summed E-state index contributed by atoms with van der Waals surface area (Å²) in [6.07, 6.45) is 0.621. The first-order valence-corrected chi connectivity index (χ1v) is 7.05. The maximum absolute atomic E-state index is 11.9. The third-order valence-electron chi connectivity index (χ3n) is 3.47. The van der Waals surface area contributed by atoms with Gasteiger partial charge in [-0.15, -0.1) is 0 Å². The first-order chi connectivity index (χ1) is 9.64. The zero-order chi connectivity index (χ0) is 16.2. The highest BCUT2D eigenvalue weighted by Gasteiger charge is 2.29. The number of hydrogen-bond donors (Lipinski definition) is 3. The SMILES string of the molecule is CC(C)C[C@H](N)C(=O)Nc1ccc(C(C)(C)C(=O)O)cc1. The van der Waals surface area contributed by atoms with Crippen molar-refractivity contribution in [3.8, 4) is 0 Å². The van der Waals surface area contributed by atoms with Gasteiger partial charge in [0.25, 0.3) is 0 Å². The van der Waals surface area contributed by atoms with Crippen LogP contribution in [0.25, 0.3) is 0 Å². The fraction of sp³-hybridized carbons (Fsp3) is 0.500. The third-order valence-corrected chi connectivity index (χ3v) is 3.47. The molecule has 5 nitrogen and oxygen atoms in total. The van der Waals surface area contributed by atoms with Crippen LogP contribution in [0.1, 0.15) is 39.7 Å². The van der Waals surface area contributed by atoms with Gasteiger partial charge in [0, 0.05) is 5.69 Å². The predicted octanol–water partition coefficient (Wildman–Crippen LogP) is 2.36. The molecule has 0 aromatic heterocycles. The van der Waals surface area contributed by atoms with Crippen molar-refractivity contribution in [2.24, 2.45) is 11.7 Å². The molecule has 1 aromatic carbocycles. The Morgan fingerprint density at radius 1 is 1.24 bits per heavy atom. The largest absolute Gasteiger partial charge is 0.481 e. The number of carbonyl (C=O) groups excluding carboxylic acids is 1. The molecular formula is C16H24N2O3. The second-order valence-corrected chi connectivity index (χ2v) is 6.23. The molecule has 4 N–H and O–H groups in total. The van der Waals surface area contributed by atoms with Gasteiger partial charge in [0.05, 0.1) is 11.5 Å². The number of carbonyl (C=O) groups is 2. The number of benzene rings is 1. The minimum atomic E-state index is -0.962. The first kappa shape index (κ1) is 17.2. The van der Waals surface area contributed by atoms with Gasteiger partial charge in [0.2, 0.25) is 5.91 Å². The van der Waals surface area contributed by atoms with Gasteiger partial charge in [-0.3, -0.25) is 9.59 Å². The standard InChI is InChI=1S/C16H24N2O3/c1-10(2)9-13(17)14(19)18-12-7-5-11(6-8-12)16(3,4)15(20)21/h5-8,10,13H,9,17H2,1-4H3,(H,18,19)(H,20,21)/t13-/m0/s1. The van der Waals surface area contributed by atoms with Gasteiger partial charge in [-0.05, 0) is 43.9 Å². The Labute approximate surface area is 125 Å². The highest BCUT2D eigenvalue weighted by Crippen LogP contribution is 2.24. The lowest BCUT2D eigenvalue weighted by Gasteiger charge is -2.20. The third kappa shape index (κ3) is 4.56. The minimum absolute atomic E-state index is 0.228. The van der Waals surface area contributed by atoms with Crippen molar-refractivity contribution in [2.75, 3.05) is 5.32 Å². The van der Waals surface area contributed by atoms with Crippen LogP contribution in [0.4, 0.5) is 5.69 Å². The number of anilines is 1. The first-order valence-electron chi connectivity index (χ1n) is 7.05. The van der Waals surface area contributed by atoms with E-state index in [1.807, 2.05) is 13.8 Å². The summed E-state index contributed by atoms with van der Waals surface area (Å²) in [4.78, 5) is 23.1. The smallest absolute Gasteiger partial charge is 0.313 e. The summed E-state index contributed by atoms with van der Waals surface area (Å²) in [7, 11) is 0. The monoisotopic (exact) mass is 292 g/mol. The Kier molecular flexibility index (Phi) is 5.49. The van der Waals surface area contributed by atoms with E-state index < -0.39 is 17.4 Å². The number of nitrogens with one attached hydrogen (secondary N) is 1. The van der Waals surface area contributed by atoms with Crippen LogP contribution in [-0.2, 0) is 15.0 Å². The number of carboxylic acids is 1. The molecule has 0 heterocycles. The summed E-state index contributed by atoms with van der Waals surface area (Å²) in [5.41, 5.74) is 6.15. The quantitative estimate of drug-likeness (QED) is 0.750. The molecule has 0 unspecified atom stereocenters. The number of rotatable bonds is 6. The summed E-state index contributed by atoms with van der Waals surface area (Å²) in [5.74, 6) is -0.767. The average Bonchev–Trinajstić information content (AvgIpc) is 2.38. The van der Waals surface area contributed by atoms with Gasteiger partial charge in [0.1, 0.15) is 0 Å². The zero-order valence-corrected chi connectivity index (χ0v) is 13.0. The molecule has 0 aliphatic carbocycles. The number of amides is 1. The topological polar surface area (TPSA) is 92.4 Å². The number of carboxylic acid groups (broad SMARTS) is 1. The second kappa shape index (κ2) is 6.72. The van der Waals surface area contributed by atoms with Gasteiger partial charge in [0.15, 0.2) is 0 Å². The van der Waals surface area contributed by atoms with Crippen molar-refractivity contribution in [1.29, 1.82) is 0 Å². The summed E-state index contributed by atoms with van der Waals surface area (Å²) < 4.78 is 0. The van der Waals surface area contributed by atoms with Crippen molar-refractivity contribution in [2.45, 2.75) is 45.6 Å². The molecule has 116 valence electrons. The Bertz CT molecular complexity index is 507. The van der Waals surface area contributed by atoms with E-state index in [9.17, 15) is 14.7 Å². The fourth-order valence-corrected chi connectivity index (χ4v) is 1.94. The second-order valence-electron chi connectivity index (χ2n) is 6.23. The molecular weight excluding hydrogens is 268 g/mol. The van der Waals surface area contributed by atoms with Crippen LogP contribution in [0.15, 0.2) is 24.3 Å². The van der Waals surface area contributed by atoms with Crippen LogP contribution in [0.3, 0.4) is 0 Å². The average molecular weight is 292 g/mol. The van der Waals surface area contributed by atoms with Gasteiger partial charge in [-0.2, -0.15) is 0 Å². The highest BCUT2D eigenvalue weighted by molar-refractivity contribution is 5.94. The van der Waals surface area contributed by atoms with E-state index in [4.69, 9.17) is 5.73 Å². The molecule has 0 radical (unpaired) electrons. The van der Waals surface area contributed by atoms with Crippen LogP contribution >= 0.6 is 0 Å². The molecule has 5 heteroatoms. The lowest BCUT2D eigenvalue weighted by molar-refractivity contribution is -0.142. The van der Waals surface area contributed by atoms with Crippen molar-refractivity contribution >= 4 is 17.6 Å². The molecule has 1 amide bonds. The molecule has 0 saturated heterocycles. The molecule has 21 heavy (non-hydrogen) atoms. The lowest BCUT2D eigenvalue weighted by atomic mass is 9.85. The zero-order valence-electron chi connectivity index (χ0n) is 13.0. The van der Waals surface area contributed by atoms with Gasteiger partial charge < -0.3 is 16.2 Å². The Morgan fingerprint density at radius 3 is 2.19 bits per heavy atom. The van der Waals surface area contributed by atoms with Crippen LogP contribution in [0.2, 0.25) is 0 Å². The Hall–Kier alpha value is -1.88. The summed E-state index contributed by atoms with van der Waals surface area (Å²) in [6, 6.07) is 6.26. The molecule has 0 saturated carbocycles. The molecule has 1 aromatic rings. The fourth-order valence-electron chi connectivity index (χ4n) is 1.94. The number of nitrogens with two attached hydrogens (primary N) is 1. The van der Waals surface area contributed by atoms with E-state index in [2.05, 4.69) is 5.32 Å². The van der Waals surface area contributed by atoms with Gasteiger partial charge >= 0.3 is 5.97 Å². The van der Waals surface area contributed by atoms with E-state index in [1.54, 1.807) is 38.1 Å². The minimum Gasteiger partial charge on any atom is -0.481 e. The van der Waals surface area contributed by atoms with E-state index >= 15 is 0 Å². The lowest BCUT2D eigenvalue weighted by Crippen LogP contribution is -2.36. The molecule has 0 fully saturated rings. The maximum Gasteiger partial charge on any atom is 0.313 e. The van der Waals surface area contributed by atoms with Crippen LogP contribution in [0, 0.1) is 5.92 Å². The van der Waals surface area contributed by atoms with E-state index in [0.717, 1.165) is 0 Å². The molecule has 0 spiro atoms. The van der Waals surface area contributed by atoms with Crippen LogP contribution in [0.5, 0.6) is 0 Å². The van der Waals surface area contributed by atoms with Crippen molar-refractivity contribution in [1.82, 2.24) is 0 Å². The van der Waals surface area contributed by atoms with Crippen molar-refractivity contribution in [3.63, 3.8) is 0 Å². The van der Waals surface area contributed by atoms with E-state index in [0.29, 0.717) is 23.6 Å². The highest BCUT2D eigenvalue weighted by atomic mass is 16.4. The Morgan fingerprint density at radius 2 is 1.76 bits per heavy atom. The number of aliphatic carboxylic acids is 1. The van der Waals surface area contributed by atoms with Crippen molar-refractivity contribution < 1.29 is 14.7 Å². The van der Waals surface area contributed by atoms with Crippen LogP contribution < -0.4 is 11.1 Å². The molecule has 1 atom stereocenters. The van der Waals surface area contributed by atoms with Gasteiger partial charge in [-0.1, -0.05) is 26.0 Å². The molecule has 0 aliphatic rings. The maximum atomic E-state index is 11.9. The number of hydrogen-bond acceptors (Lipinski definition) is 3. The summed E-state index contributed by atoms with van der Waals surface area (Å²) >= 11 is 0. The van der Waals surface area contributed by atoms with Crippen molar-refractivity contribution in [3.05, 3.63) is 29.8 Å². The normalized spacial score (nSPS) is 13.0. The Balaban J connectivity index is 2.76. The summed E-state index contributed by atoms with van der Waals surface area (Å²) in [6.45, 7) is 7.30. The molecule has 1 rings (SSSR count). The molecule has 0 bridgehead atoms. The molecule has 0 aliphatic heterocycles. The van der Waals surface area contributed by atoms with E-state index in [1.165, 1.54) is 0 Å². The van der Waals surface area contributed by atoms with E-state index in [-0.39, 0.29) is 5.91 Å². The van der Waals surface area contributed by atoms with Crippen LogP contribution in [-0.4, -0.2) is 23.0 Å².